The summed E-state index contributed by atoms with van der Waals surface area (Å²) in [6.45, 7) is 5.93. The van der Waals surface area contributed by atoms with Crippen molar-refractivity contribution in [3.63, 3.8) is 0 Å². The van der Waals surface area contributed by atoms with Gasteiger partial charge in [-0.25, -0.2) is 9.78 Å². The summed E-state index contributed by atoms with van der Waals surface area (Å²) in [6, 6.07) is 9.93. The SMILES string of the molecule is CC(C)(C)OC(=O)NCCc1coc(C=Cc2ccccc2)n1. The van der Waals surface area contributed by atoms with Crippen LogP contribution in [0.25, 0.3) is 12.2 Å². The number of nitrogens with one attached hydrogen (secondary N) is 1. The van der Waals surface area contributed by atoms with Gasteiger partial charge in [0.2, 0.25) is 5.89 Å². The monoisotopic (exact) mass is 314 g/mol. The highest BCUT2D eigenvalue weighted by atomic mass is 16.6. The first-order chi connectivity index (χ1) is 10.9. The maximum atomic E-state index is 11.5. The van der Waals surface area contributed by atoms with E-state index < -0.39 is 11.7 Å². The normalized spacial score (nSPS) is 11.6. The van der Waals surface area contributed by atoms with Crippen molar-refractivity contribution in [1.82, 2.24) is 10.3 Å². The third kappa shape index (κ3) is 6.38. The van der Waals surface area contributed by atoms with Crippen LogP contribution in [0, 0.1) is 0 Å². The third-order valence-electron chi connectivity index (χ3n) is 2.84. The van der Waals surface area contributed by atoms with Crippen LogP contribution in [0.15, 0.2) is 41.0 Å². The van der Waals surface area contributed by atoms with Crippen LogP contribution in [0.4, 0.5) is 4.79 Å². The van der Waals surface area contributed by atoms with Crippen LogP contribution in [0.2, 0.25) is 0 Å². The lowest BCUT2D eigenvalue weighted by atomic mass is 10.2. The molecular formula is C18H22N2O3. The number of alkyl carbamates (subject to hydrolysis) is 1. The number of aromatic nitrogens is 1. The molecule has 2 rings (SSSR count). The van der Waals surface area contributed by atoms with E-state index in [-0.39, 0.29) is 0 Å². The summed E-state index contributed by atoms with van der Waals surface area (Å²) < 4.78 is 10.5. The number of rotatable bonds is 5. The summed E-state index contributed by atoms with van der Waals surface area (Å²) >= 11 is 0. The van der Waals surface area contributed by atoms with Crippen LogP contribution in [0.1, 0.15) is 37.9 Å². The Bertz CT molecular complexity index is 654. The third-order valence-corrected chi connectivity index (χ3v) is 2.84. The van der Waals surface area contributed by atoms with Crippen LogP contribution >= 0.6 is 0 Å². The van der Waals surface area contributed by atoms with Crippen LogP contribution in [0.5, 0.6) is 0 Å². The molecule has 1 aromatic carbocycles. The second-order valence-electron chi connectivity index (χ2n) is 6.10. The number of benzene rings is 1. The molecule has 0 saturated heterocycles. The van der Waals surface area contributed by atoms with Crippen LogP contribution in [-0.2, 0) is 11.2 Å². The van der Waals surface area contributed by atoms with Crippen molar-refractivity contribution in [3.05, 3.63) is 53.7 Å². The Kier molecular flexibility index (Phi) is 5.57. The Morgan fingerprint density at radius 3 is 2.70 bits per heavy atom. The number of carbonyl (C=O) groups is 1. The summed E-state index contributed by atoms with van der Waals surface area (Å²) in [7, 11) is 0. The fourth-order valence-electron chi connectivity index (χ4n) is 1.85. The molecule has 2 aromatic rings. The van der Waals surface area contributed by atoms with Gasteiger partial charge in [-0.1, -0.05) is 30.3 Å². The van der Waals surface area contributed by atoms with Crippen molar-refractivity contribution in [3.8, 4) is 0 Å². The van der Waals surface area contributed by atoms with E-state index in [2.05, 4.69) is 10.3 Å². The van der Waals surface area contributed by atoms with Gasteiger partial charge in [-0.3, -0.25) is 0 Å². The Hall–Kier alpha value is -2.56. The number of ether oxygens (including phenoxy) is 1. The van der Waals surface area contributed by atoms with Crippen molar-refractivity contribution < 1.29 is 13.9 Å². The maximum Gasteiger partial charge on any atom is 0.407 e. The molecule has 0 aliphatic carbocycles. The first kappa shape index (κ1) is 16.8. The highest BCUT2D eigenvalue weighted by molar-refractivity contribution is 5.67. The predicted octanol–water partition coefficient (Wildman–Crippen LogP) is 3.91. The highest BCUT2D eigenvalue weighted by Gasteiger charge is 2.15. The molecule has 0 fully saturated rings. The summed E-state index contributed by atoms with van der Waals surface area (Å²) in [4.78, 5) is 15.9. The van der Waals surface area contributed by atoms with E-state index in [9.17, 15) is 4.79 Å². The van der Waals surface area contributed by atoms with Crippen molar-refractivity contribution in [2.75, 3.05) is 6.54 Å². The molecule has 0 bridgehead atoms. The second kappa shape index (κ2) is 7.63. The lowest BCUT2D eigenvalue weighted by molar-refractivity contribution is 0.0528. The summed E-state index contributed by atoms with van der Waals surface area (Å²) in [5.74, 6) is 0.543. The lowest BCUT2D eigenvalue weighted by Crippen LogP contribution is -2.33. The van der Waals surface area contributed by atoms with Crippen molar-refractivity contribution in [1.29, 1.82) is 0 Å². The standard InChI is InChI=1S/C18H22N2O3/c1-18(2,3)23-17(21)19-12-11-15-13-22-16(20-15)10-9-14-7-5-4-6-8-14/h4-10,13H,11-12H2,1-3H3,(H,19,21). The molecule has 5 heteroatoms. The number of oxazole rings is 1. The summed E-state index contributed by atoms with van der Waals surface area (Å²) in [5, 5.41) is 2.69. The zero-order valence-electron chi connectivity index (χ0n) is 13.7. The van der Waals surface area contributed by atoms with E-state index in [1.165, 1.54) is 0 Å². The van der Waals surface area contributed by atoms with Crippen molar-refractivity contribution in [2.24, 2.45) is 0 Å². The molecule has 1 N–H and O–H groups in total. The van der Waals surface area contributed by atoms with E-state index in [1.54, 1.807) is 6.26 Å². The first-order valence-corrected chi connectivity index (χ1v) is 7.57. The molecule has 1 heterocycles. The smallest absolute Gasteiger partial charge is 0.407 e. The van der Waals surface area contributed by atoms with Gasteiger partial charge >= 0.3 is 6.09 Å². The Morgan fingerprint density at radius 2 is 2.00 bits per heavy atom. The fourth-order valence-corrected chi connectivity index (χ4v) is 1.85. The number of nitrogens with zero attached hydrogens (tertiary/aromatic N) is 1. The predicted molar refractivity (Wildman–Crippen MR) is 89.8 cm³/mol. The Balaban J connectivity index is 1.79. The summed E-state index contributed by atoms with van der Waals surface area (Å²) in [5.41, 5.74) is 1.38. The minimum atomic E-state index is -0.493. The van der Waals surface area contributed by atoms with E-state index in [0.717, 1.165) is 11.3 Å². The topological polar surface area (TPSA) is 64.4 Å². The summed E-state index contributed by atoms with van der Waals surface area (Å²) in [6.07, 6.45) is 5.52. The van der Waals surface area contributed by atoms with Gasteiger partial charge in [0.25, 0.3) is 0 Å². The quantitative estimate of drug-likeness (QED) is 0.908. The highest BCUT2D eigenvalue weighted by Crippen LogP contribution is 2.09. The molecule has 0 saturated carbocycles. The molecular weight excluding hydrogens is 292 g/mol. The van der Waals surface area contributed by atoms with Crippen LogP contribution in [0.3, 0.4) is 0 Å². The molecule has 0 aliphatic rings. The fraction of sp³-hybridized carbons (Fsp3) is 0.333. The van der Waals surface area contributed by atoms with Gasteiger partial charge in [0, 0.05) is 19.0 Å². The van der Waals surface area contributed by atoms with Gasteiger partial charge in [0.1, 0.15) is 11.9 Å². The largest absolute Gasteiger partial charge is 0.445 e. The van der Waals surface area contributed by atoms with E-state index >= 15 is 0 Å². The van der Waals surface area contributed by atoms with E-state index in [4.69, 9.17) is 9.15 Å². The minimum Gasteiger partial charge on any atom is -0.445 e. The molecule has 0 unspecified atom stereocenters. The number of carbonyl (C=O) groups excluding carboxylic acids is 1. The number of amides is 1. The van der Waals surface area contributed by atoms with Gasteiger partial charge in [0.05, 0.1) is 5.69 Å². The molecule has 0 aliphatic heterocycles. The number of hydrogen-bond donors (Lipinski definition) is 1. The second-order valence-corrected chi connectivity index (χ2v) is 6.10. The van der Waals surface area contributed by atoms with Crippen LogP contribution < -0.4 is 5.32 Å². The average molecular weight is 314 g/mol. The maximum absolute atomic E-state index is 11.5. The molecule has 1 amide bonds. The Morgan fingerprint density at radius 1 is 1.26 bits per heavy atom. The van der Waals surface area contributed by atoms with Crippen molar-refractivity contribution in [2.45, 2.75) is 32.8 Å². The van der Waals surface area contributed by atoms with E-state index in [0.29, 0.717) is 18.9 Å². The minimum absolute atomic E-state index is 0.426. The Labute approximate surface area is 136 Å². The van der Waals surface area contributed by atoms with Crippen molar-refractivity contribution >= 4 is 18.2 Å². The molecule has 122 valence electrons. The molecule has 23 heavy (non-hydrogen) atoms. The average Bonchev–Trinajstić information content (AvgIpc) is 2.92. The molecule has 0 spiro atoms. The van der Waals surface area contributed by atoms with Gasteiger partial charge in [0.15, 0.2) is 0 Å². The molecule has 0 atom stereocenters. The molecule has 5 nitrogen and oxygen atoms in total. The van der Waals surface area contributed by atoms with Crippen LogP contribution in [-0.4, -0.2) is 23.2 Å². The van der Waals surface area contributed by atoms with E-state index in [1.807, 2.05) is 63.3 Å². The molecule has 1 aromatic heterocycles. The van der Waals surface area contributed by atoms with Gasteiger partial charge in [-0.15, -0.1) is 0 Å². The molecule has 0 radical (unpaired) electrons. The number of hydrogen-bond acceptors (Lipinski definition) is 4. The lowest BCUT2D eigenvalue weighted by Gasteiger charge is -2.19. The van der Waals surface area contributed by atoms with Gasteiger partial charge < -0.3 is 14.5 Å². The van der Waals surface area contributed by atoms with Gasteiger partial charge in [-0.05, 0) is 32.4 Å². The zero-order valence-corrected chi connectivity index (χ0v) is 13.7. The van der Waals surface area contributed by atoms with Gasteiger partial charge in [-0.2, -0.15) is 0 Å². The first-order valence-electron chi connectivity index (χ1n) is 7.57. The zero-order chi connectivity index (χ0) is 16.7.